The summed E-state index contributed by atoms with van der Waals surface area (Å²) in [5.74, 6) is 1.07. The molecule has 0 saturated carbocycles. The van der Waals surface area contributed by atoms with Crippen molar-refractivity contribution in [3.63, 3.8) is 0 Å². The molecule has 2 fully saturated rings. The zero-order valence-corrected chi connectivity index (χ0v) is 16.2. The summed E-state index contributed by atoms with van der Waals surface area (Å²) < 4.78 is 24.2. The van der Waals surface area contributed by atoms with Gasteiger partial charge in [0.15, 0.2) is 9.84 Å². The van der Waals surface area contributed by atoms with Gasteiger partial charge in [0.1, 0.15) is 4.90 Å². The van der Waals surface area contributed by atoms with Gasteiger partial charge in [-0.15, -0.1) is 12.4 Å². The number of aliphatic hydroxyl groups is 1. The van der Waals surface area contributed by atoms with E-state index >= 15 is 0 Å². The second-order valence-corrected chi connectivity index (χ2v) is 8.83. The molecule has 1 aromatic rings. The summed E-state index contributed by atoms with van der Waals surface area (Å²) in [5, 5.41) is 12.6. The second kappa shape index (κ2) is 8.62. The molecule has 0 bridgehead atoms. The van der Waals surface area contributed by atoms with Crippen LogP contribution in [0.1, 0.15) is 37.3 Å². The Hall–Kier alpha value is -0.960. The van der Waals surface area contributed by atoms with E-state index in [4.69, 9.17) is 0 Å². The summed E-state index contributed by atoms with van der Waals surface area (Å²) in [6.07, 6.45) is 6.48. The highest BCUT2D eigenvalue weighted by Crippen LogP contribution is 2.29. The summed E-state index contributed by atoms with van der Waals surface area (Å²) in [4.78, 5) is 11.3. The fraction of sp³-hybridized carbons (Fsp3) is 0.750. The van der Waals surface area contributed by atoms with Crippen LogP contribution in [-0.4, -0.2) is 62.5 Å². The molecule has 0 aliphatic carbocycles. The largest absolute Gasteiger partial charge is 0.396 e. The lowest BCUT2D eigenvalue weighted by molar-refractivity contribution is 0.202. The Kier molecular flexibility index (Phi) is 7.01. The Morgan fingerprint density at radius 1 is 1.32 bits per heavy atom. The maximum atomic E-state index is 12.1. The normalized spacial score (nSPS) is 22.5. The molecule has 1 unspecified atom stereocenters. The third kappa shape index (κ3) is 4.81. The summed E-state index contributed by atoms with van der Waals surface area (Å²) in [6, 6.07) is 0. The molecule has 3 rings (SSSR count). The van der Waals surface area contributed by atoms with Gasteiger partial charge in [-0.05, 0) is 38.1 Å². The van der Waals surface area contributed by atoms with Gasteiger partial charge in [0.2, 0.25) is 5.95 Å². The third-order valence-electron chi connectivity index (χ3n) is 5.01. The monoisotopic (exact) mass is 390 g/mol. The number of piperidine rings is 2. The number of aliphatic hydroxyl groups excluding tert-OH is 1. The van der Waals surface area contributed by atoms with E-state index in [1.165, 1.54) is 12.5 Å². The Bertz CT molecular complexity index is 672. The smallest absolute Gasteiger partial charge is 0.225 e. The van der Waals surface area contributed by atoms with Gasteiger partial charge in [-0.3, -0.25) is 0 Å². The molecule has 0 amide bonds. The van der Waals surface area contributed by atoms with Crippen LogP contribution in [0.5, 0.6) is 0 Å². The molecule has 2 saturated heterocycles. The maximum Gasteiger partial charge on any atom is 0.225 e. The predicted molar refractivity (Wildman–Crippen MR) is 99.3 cm³/mol. The Balaban J connectivity index is 0.00000225. The SMILES string of the molecule is CS(=O)(=O)c1cnc(N2CCC(CO)CC2)nc1C1CCCNC1.Cl. The molecule has 1 aromatic heterocycles. The minimum absolute atomic E-state index is 0. The highest BCUT2D eigenvalue weighted by Gasteiger charge is 2.27. The van der Waals surface area contributed by atoms with Gasteiger partial charge < -0.3 is 15.3 Å². The van der Waals surface area contributed by atoms with Crippen LogP contribution in [0.4, 0.5) is 5.95 Å². The lowest BCUT2D eigenvalue weighted by Gasteiger charge is -2.32. The van der Waals surface area contributed by atoms with Crippen LogP contribution in [0.3, 0.4) is 0 Å². The molecule has 7 nitrogen and oxygen atoms in total. The molecule has 2 aliphatic heterocycles. The van der Waals surface area contributed by atoms with Crippen LogP contribution in [0.15, 0.2) is 11.1 Å². The predicted octanol–water partition coefficient (Wildman–Crippen LogP) is 0.978. The molecular weight excluding hydrogens is 364 g/mol. The minimum Gasteiger partial charge on any atom is -0.396 e. The topological polar surface area (TPSA) is 95.4 Å². The molecule has 142 valence electrons. The van der Waals surface area contributed by atoms with Gasteiger partial charge in [0, 0.05) is 38.4 Å². The van der Waals surface area contributed by atoms with Gasteiger partial charge in [-0.2, -0.15) is 0 Å². The average Bonchev–Trinajstić information content (AvgIpc) is 2.61. The van der Waals surface area contributed by atoms with Crippen LogP contribution in [0.25, 0.3) is 0 Å². The van der Waals surface area contributed by atoms with Gasteiger partial charge in [0.25, 0.3) is 0 Å². The zero-order chi connectivity index (χ0) is 17.2. The highest BCUT2D eigenvalue weighted by atomic mass is 35.5. The number of nitrogens with one attached hydrogen (secondary N) is 1. The van der Waals surface area contributed by atoms with E-state index in [2.05, 4.69) is 20.2 Å². The van der Waals surface area contributed by atoms with E-state index in [9.17, 15) is 13.5 Å². The van der Waals surface area contributed by atoms with Gasteiger partial charge in [0.05, 0.1) is 11.9 Å². The van der Waals surface area contributed by atoms with Gasteiger partial charge in [-0.1, -0.05) is 0 Å². The molecule has 1 atom stereocenters. The van der Waals surface area contributed by atoms with Crippen molar-refractivity contribution in [2.24, 2.45) is 5.92 Å². The molecular formula is C16H27ClN4O3S. The van der Waals surface area contributed by atoms with E-state index in [1.807, 2.05) is 0 Å². The Labute approximate surface area is 155 Å². The van der Waals surface area contributed by atoms with E-state index in [-0.39, 0.29) is 29.8 Å². The fourth-order valence-corrected chi connectivity index (χ4v) is 4.34. The summed E-state index contributed by atoms with van der Waals surface area (Å²) in [6.45, 7) is 3.54. The lowest BCUT2D eigenvalue weighted by Crippen LogP contribution is -2.36. The van der Waals surface area contributed by atoms with Crippen molar-refractivity contribution < 1.29 is 13.5 Å². The summed E-state index contributed by atoms with van der Waals surface area (Å²) in [7, 11) is -3.35. The van der Waals surface area contributed by atoms with Crippen molar-refractivity contribution in [1.29, 1.82) is 0 Å². The van der Waals surface area contributed by atoms with E-state index < -0.39 is 9.84 Å². The highest BCUT2D eigenvalue weighted by molar-refractivity contribution is 7.90. The molecule has 25 heavy (non-hydrogen) atoms. The molecule has 0 spiro atoms. The first-order chi connectivity index (χ1) is 11.5. The molecule has 2 N–H and O–H groups in total. The molecule has 0 radical (unpaired) electrons. The fourth-order valence-electron chi connectivity index (χ4n) is 3.51. The van der Waals surface area contributed by atoms with Crippen molar-refractivity contribution in [2.75, 3.05) is 43.9 Å². The average molecular weight is 391 g/mol. The number of sulfone groups is 1. The number of anilines is 1. The number of rotatable bonds is 4. The van der Waals surface area contributed by atoms with Crippen LogP contribution in [-0.2, 0) is 9.84 Å². The van der Waals surface area contributed by atoms with Crippen molar-refractivity contribution in [3.05, 3.63) is 11.9 Å². The number of nitrogens with zero attached hydrogens (tertiary/aromatic N) is 3. The minimum atomic E-state index is -3.35. The van der Waals surface area contributed by atoms with Crippen molar-refractivity contribution in [1.82, 2.24) is 15.3 Å². The lowest BCUT2D eigenvalue weighted by atomic mass is 9.96. The first-order valence-electron chi connectivity index (χ1n) is 8.62. The molecule has 2 aliphatic rings. The standard InChI is InChI=1S/C16H26N4O3S.ClH/c1-24(22,23)14-10-18-16(20-7-4-12(11-21)5-8-20)19-15(14)13-3-2-6-17-9-13;/h10,12-13,17,21H,2-9,11H2,1H3;1H. The first kappa shape index (κ1) is 20.4. The Morgan fingerprint density at radius 3 is 2.60 bits per heavy atom. The van der Waals surface area contributed by atoms with E-state index in [1.54, 1.807) is 0 Å². The third-order valence-corrected chi connectivity index (χ3v) is 6.12. The number of hydrogen-bond acceptors (Lipinski definition) is 7. The van der Waals surface area contributed by atoms with Crippen LogP contribution in [0.2, 0.25) is 0 Å². The van der Waals surface area contributed by atoms with E-state index in [0.717, 1.165) is 51.9 Å². The quantitative estimate of drug-likeness (QED) is 0.791. The van der Waals surface area contributed by atoms with Gasteiger partial charge >= 0.3 is 0 Å². The second-order valence-electron chi connectivity index (χ2n) is 6.85. The number of halogens is 1. The first-order valence-corrected chi connectivity index (χ1v) is 10.5. The van der Waals surface area contributed by atoms with Crippen LogP contribution >= 0.6 is 12.4 Å². The van der Waals surface area contributed by atoms with Gasteiger partial charge in [-0.25, -0.2) is 18.4 Å². The Morgan fingerprint density at radius 2 is 2.04 bits per heavy atom. The summed E-state index contributed by atoms with van der Waals surface area (Å²) in [5.41, 5.74) is 0.652. The van der Waals surface area contributed by atoms with Crippen molar-refractivity contribution in [2.45, 2.75) is 36.5 Å². The van der Waals surface area contributed by atoms with Crippen LogP contribution < -0.4 is 10.2 Å². The van der Waals surface area contributed by atoms with Crippen molar-refractivity contribution >= 4 is 28.2 Å². The van der Waals surface area contributed by atoms with Crippen LogP contribution in [0, 0.1) is 5.92 Å². The molecule has 9 heteroatoms. The van der Waals surface area contributed by atoms with Crippen molar-refractivity contribution in [3.8, 4) is 0 Å². The number of aromatic nitrogens is 2. The summed E-state index contributed by atoms with van der Waals surface area (Å²) >= 11 is 0. The molecule has 3 heterocycles. The zero-order valence-electron chi connectivity index (χ0n) is 14.5. The molecule has 0 aromatic carbocycles. The van der Waals surface area contributed by atoms with E-state index in [0.29, 0.717) is 17.6 Å². The maximum absolute atomic E-state index is 12.1. The number of hydrogen-bond donors (Lipinski definition) is 2.